The van der Waals surface area contributed by atoms with Crippen molar-refractivity contribution in [2.75, 3.05) is 7.11 Å². The molecule has 0 unspecified atom stereocenters. The number of ether oxygens (including phenoxy) is 2. The summed E-state index contributed by atoms with van der Waals surface area (Å²) in [5.74, 6) is 0.764. The van der Waals surface area contributed by atoms with E-state index >= 15 is 0 Å². The SMILES string of the molecule is COc1cc(C)c(OC(=O)c2ccc(B(O)O)cc2)c(C)c1C. The molecule has 5 nitrogen and oxygen atoms in total. The van der Waals surface area contributed by atoms with Gasteiger partial charge >= 0.3 is 13.1 Å². The van der Waals surface area contributed by atoms with Gasteiger partial charge in [0.25, 0.3) is 0 Å². The van der Waals surface area contributed by atoms with E-state index in [1.54, 1.807) is 7.11 Å². The number of rotatable bonds is 4. The molecule has 0 aliphatic heterocycles. The van der Waals surface area contributed by atoms with Gasteiger partial charge < -0.3 is 19.5 Å². The summed E-state index contributed by atoms with van der Waals surface area (Å²) in [5.41, 5.74) is 3.22. The van der Waals surface area contributed by atoms with Crippen molar-refractivity contribution < 1.29 is 24.3 Å². The van der Waals surface area contributed by atoms with Crippen LogP contribution >= 0.6 is 0 Å². The molecule has 2 N–H and O–H groups in total. The molecule has 0 aliphatic rings. The van der Waals surface area contributed by atoms with Crippen LogP contribution in [0.1, 0.15) is 27.0 Å². The average Bonchev–Trinajstić information content (AvgIpc) is 2.54. The van der Waals surface area contributed by atoms with Crippen LogP contribution in [0.15, 0.2) is 30.3 Å². The van der Waals surface area contributed by atoms with Gasteiger partial charge in [-0.2, -0.15) is 0 Å². The van der Waals surface area contributed by atoms with Gasteiger partial charge in [0.2, 0.25) is 0 Å². The van der Waals surface area contributed by atoms with Crippen LogP contribution in [0.3, 0.4) is 0 Å². The monoisotopic (exact) mass is 314 g/mol. The van der Waals surface area contributed by atoms with E-state index in [9.17, 15) is 4.79 Å². The van der Waals surface area contributed by atoms with Gasteiger partial charge in [-0.15, -0.1) is 0 Å². The zero-order valence-corrected chi connectivity index (χ0v) is 13.6. The van der Waals surface area contributed by atoms with Gasteiger partial charge in [-0.1, -0.05) is 12.1 Å². The highest BCUT2D eigenvalue weighted by Crippen LogP contribution is 2.33. The van der Waals surface area contributed by atoms with Crippen LogP contribution < -0.4 is 14.9 Å². The lowest BCUT2D eigenvalue weighted by molar-refractivity contribution is 0.0732. The van der Waals surface area contributed by atoms with Gasteiger partial charge in [0, 0.05) is 0 Å². The number of esters is 1. The Morgan fingerprint density at radius 1 is 1.04 bits per heavy atom. The van der Waals surface area contributed by atoms with E-state index in [4.69, 9.17) is 19.5 Å². The van der Waals surface area contributed by atoms with Crippen LogP contribution in [0.4, 0.5) is 0 Å². The maximum Gasteiger partial charge on any atom is 0.488 e. The van der Waals surface area contributed by atoms with Gasteiger partial charge in [-0.3, -0.25) is 0 Å². The summed E-state index contributed by atoms with van der Waals surface area (Å²) < 4.78 is 10.8. The number of aryl methyl sites for hydroxylation is 1. The van der Waals surface area contributed by atoms with Crippen molar-refractivity contribution in [3.05, 3.63) is 52.6 Å². The molecule has 0 fully saturated rings. The molecule has 6 heteroatoms. The Morgan fingerprint density at radius 2 is 1.65 bits per heavy atom. The van der Waals surface area contributed by atoms with E-state index in [2.05, 4.69) is 0 Å². The lowest BCUT2D eigenvalue weighted by atomic mass is 9.80. The minimum atomic E-state index is -1.56. The Labute approximate surface area is 135 Å². The van der Waals surface area contributed by atoms with E-state index in [0.717, 1.165) is 22.4 Å². The first-order valence-electron chi connectivity index (χ1n) is 7.18. The molecular weight excluding hydrogens is 295 g/mol. The molecule has 0 saturated heterocycles. The van der Waals surface area contributed by atoms with E-state index in [0.29, 0.717) is 16.8 Å². The summed E-state index contributed by atoms with van der Waals surface area (Å²) in [7, 11) is 0.0399. The standard InChI is InChI=1S/C17H19BO5/c1-10-9-15(22-4)11(2)12(3)16(10)23-17(19)13-5-7-14(8-6-13)18(20)21/h5-9,20-21H,1-4H3. The molecule has 2 aromatic rings. The zero-order chi connectivity index (χ0) is 17.1. The fourth-order valence-corrected chi connectivity index (χ4v) is 2.33. The molecule has 2 aromatic carbocycles. The molecule has 0 heterocycles. The number of carbonyl (C=O) groups is 1. The molecule has 0 spiro atoms. The molecule has 23 heavy (non-hydrogen) atoms. The predicted octanol–water partition coefficient (Wildman–Crippen LogP) is 1.52. The third kappa shape index (κ3) is 3.55. The molecular formula is C17H19BO5. The molecule has 0 radical (unpaired) electrons. The van der Waals surface area contributed by atoms with Crippen LogP contribution in [0.25, 0.3) is 0 Å². The van der Waals surface area contributed by atoms with Crippen LogP contribution in [0, 0.1) is 20.8 Å². The van der Waals surface area contributed by atoms with Crippen molar-refractivity contribution in [2.24, 2.45) is 0 Å². The quantitative estimate of drug-likeness (QED) is 0.508. The van der Waals surface area contributed by atoms with E-state index in [1.807, 2.05) is 26.8 Å². The number of benzene rings is 2. The van der Waals surface area contributed by atoms with E-state index < -0.39 is 13.1 Å². The van der Waals surface area contributed by atoms with Crippen LogP contribution in [0.5, 0.6) is 11.5 Å². The Balaban J connectivity index is 2.28. The fraction of sp³-hybridized carbons (Fsp3) is 0.235. The highest BCUT2D eigenvalue weighted by molar-refractivity contribution is 6.58. The minimum absolute atomic E-state index is 0.314. The summed E-state index contributed by atoms with van der Waals surface area (Å²) in [6.07, 6.45) is 0. The van der Waals surface area contributed by atoms with Crippen molar-refractivity contribution in [2.45, 2.75) is 20.8 Å². The third-order valence-electron chi connectivity index (χ3n) is 3.84. The summed E-state index contributed by atoms with van der Waals surface area (Å²) in [5, 5.41) is 18.1. The number of hydrogen-bond acceptors (Lipinski definition) is 5. The maximum atomic E-state index is 12.3. The van der Waals surface area contributed by atoms with Gasteiger partial charge in [-0.05, 0) is 61.1 Å². The summed E-state index contributed by atoms with van der Waals surface area (Å²) >= 11 is 0. The molecule has 0 aromatic heterocycles. The Morgan fingerprint density at radius 3 is 2.17 bits per heavy atom. The van der Waals surface area contributed by atoms with Crippen molar-refractivity contribution in [3.8, 4) is 11.5 Å². The predicted molar refractivity (Wildman–Crippen MR) is 88.4 cm³/mol. The van der Waals surface area contributed by atoms with E-state index in [1.165, 1.54) is 24.3 Å². The summed E-state index contributed by atoms with van der Waals surface area (Å²) in [6, 6.07) is 7.77. The number of carbonyl (C=O) groups excluding carboxylic acids is 1. The highest BCUT2D eigenvalue weighted by Gasteiger charge is 2.17. The van der Waals surface area contributed by atoms with Crippen LogP contribution in [-0.2, 0) is 0 Å². The minimum Gasteiger partial charge on any atom is -0.496 e. The van der Waals surface area contributed by atoms with Gasteiger partial charge in [-0.25, -0.2) is 4.79 Å². The van der Waals surface area contributed by atoms with Gasteiger partial charge in [0.1, 0.15) is 11.5 Å². The molecule has 120 valence electrons. The highest BCUT2D eigenvalue weighted by atomic mass is 16.5. The lowest BCUT2D eigenvalue weighted by Gasteiger charge is -2.15. The smallest absolute Gasteiger partial charge is 0.488 e. The lowest BCUT2D eigenvalue weighted by Crippen LogP contribution is -2.29. The number of hydrogen-bond donors (Lipinski definition) is 2. The van der Waals surface area contributed by atoms with Gasteiger partial charge in [0.15, 0.2) is 0 Å². The zero-order valence-electron chi connectivity index (χ0n) is 13.6. The van der Waals surface area contributed by atoms with Crippen LogP contribution in [-0.4, -0.2) is 30.2 Å². The first-order valence-corrected chi connectivity index (χ1v) is 7.18. The second-order valence-corrected chi connectivity index (χ2v) is 5.36. The fourth-order valence-electron chi connectivity index (χ4n) is 2.33. The molecule has 0 amide bonds. The Bertz CT molecular complexity index is 723. The Hall–Kier alpha value is -2.31. The van der Waals surface area contributed by atoms with E-state index in [-0.39, 0.29) is 0 Å². The molecule has 0 saturated carbocycles. The van der Waals surface area contributed by atoms with Crippen molar-refractivity contribution in [1.82, 2.24) is 0 Å². The first kappa shape index (κ1) is 17.1. The van der Waals surface area contributed by atoms with Crippen molar-refractivity contribution in [1.29, 1.82) is 0 Å². The second-order valence-electron chi connectivity index (χ2n) is 5.36. The Kier molecular flexibility index (Phi) is 5.08. The summed E-state index contributed by atoms with van der Waals surface area (Å²) in [4.78, 5) is 12.3. The summed E-state index contributed by atoms with van der Waals surface area (Å²) in [6.45, 7) is 5.63. The maximum absolute atomic E-state index is 12.3. The van der Waals surface area contributed by atoms with Gasteiger partial charge in [0.05, 0.1) is 12.7 Å². The second kappa shape index (κ2) is 6.85. The van der Waals surface area contributed by atoms with Crippen molar-refractivity contribution >= 4 is 18.6 Å². The molecule has 2 rings (SSSR count). The molecule has 0 aliphatic carbocycles. The number of methoxy groups -OCH3 is 1. The molecule has 0 bridgehead atoms. The normalized spacial score (nSPS) is 10.3. The topological polar surface area (TPSA) is 76.0 Å². The average molecular weight is 314 g/mol. The van der Waals surface area contributed by atoms with Crippen molar-refractivity contribution in [3.63, 3.8) is 0 Å². The molecule has 0 atom stereocenters. The third-order valence-corrected chi connectivity index (χ3v) is 3.84. The van der Waals surface area contributed by atoms with Crippen LogP contribution in [0.2, 0.25) is 0 Å². The largest absolute Gasteiger partial charge is 0.496 e. The first-order chi connectivity index (χ1) is 10.8.